The van der Waals surface area contributed by atoms with E-state index < -0.39 is 0 Å². The third-order valence-corrected chi connectivity index (χ3v) is 8.70. The minimum atomic E-state index is -0.331. The maximum atomic E-state index is 13.1. The lowest BCUT2D eigenvalue weighted by atomic mass is 9.94. The molecular formula is C24H31N5O3S2. The van der Waals surface area contributed by atoms with Crippen LogP contribution in [0.3, 0.4) is 0 Å². The molecule has 2 saturated heterocycles. The standard InChI is InChI=1S/C24H31N5O3S2/c1-4-16(3)33-24-27-26-23(34-24)25-21(31)17-9-11-28(12-10-17)22(32)18-13-20(30)29(14-18)19-7-5-15(2)6-8-19/h5-8,16-18H,4,9-14H2,1-3H3,(H,25,26,31). The Labute approximate surface area is 208 Å². The Hall–Kier alpha value is -2.46. The second-order valence-electron chi connectivity index (χ2n) is 9.04. The van der Waals surface area contributed by atoms with Crippen LogP contribution < -0.4 is 10.2 Å². The molecule has 1 N–H and O–H groups in total. The maximum absolute atomic E-state index is 13.1. The number of hydrogen-bond donors (Lipinski definition) is 1. The summed E-state index contributed by atoms with van der Waals surface area (Å²) in [6, 6.07) is 7.80. The van der Waals surface area contributed by atoms with E-state index in [1.54, 1.807) is 16.7 Å². The van der Waals surface area contributed by atoms with Gasteiger partial charge in [-0.3, -0.25) is 14.4 Å². The molecule has 182 valence electrons. The lowest BCUT2D eigenvalue weighted by Crippen LogP contribution is -2.44. The second-order valence-corrected chi connectivity index (χ2v) is 11.7. The van der Waals surface area contributed by atoms with Crippen LogP contribution in [0.25, 0.3) is 0 Å². The summed E-state index contributed by atoms with van der Waals surface area (Å²) >= 11 is 3.06. The zero-order valence-corrected chi connectivity index (χ0v) is 21.5. The maximum Gasteiger partial charge on any atom is 0.229 e. The number of carbonyl (C=O) groups is 3. The summed E-state index contributed by atoms with van der Waals surface area (Å²) < 4.78 is 0.857. The quantitative estimate of drug-likeness (QED) is 0.456. The number of aryl methyl sites for hydroxylation is 1. The Morgan fingerprint density at radius 1 is 1.18 bits per heavy atom. The molecule has 0 spiro atoms. The second kappa shape index (κ2) is 10.9. The van der Waals surface area contributed by atoms with Gasteiger partial charge in [-0.1, -0.05) is 54.6 Å². The number of amides is 3. The highest BCUT2D eigenvalue weighted by atomic mass is 32.2. The summed E-state index contributed by atoms with van der Waals surface area (Å²) in [4.78, 5) is 41.9. The molecule has 3 heterocycles. The van der Waals surface area contributed by atoms with Crippen molar-refractivity contribution >= 4 is 51.6 Å². The van der Waals surface area contributed by atoms with E-state index in [1.165, 1.54) is 11.3 Å². The van der Waals surface area contributed by atoms with Crippen molar-refractivity contribution in [3.63, 3.8) is 0 Å². The van der Waals surface area contributed by atoms with E-state index in [0.717, 1.165) is 22.0 Å². The van der Waals surface area contributed by atoms with Gasteiger partial charge in [-0.15, -0.1) is 10.2 Å². The van der Waals surface area contributed by atoms with Gasteiger partial charge >= 0.3 is 0 Å². The molecule has 2 atom stereocenters. The number of hydrogen-bond acceptors (Lipinski definition) is 7. The predicted molar refractivity (Wildman–Crippen MR) is 135 cm³/mol. The van der Waals surface area contributed by atoms with Crippen molar-refractivity contribution in [2.75, 3.05) is 29.9 Å². The van der Waals surface area contributed by atoms with Gasteiger partial charge in [0.25, 0.3) is 0 Å². The first kappa shape index (κ1) is 24.7. The highest BCUT2D eigenvalue weighted by molar-refractivity contribution is 8.01. The van der Waals surface area contributed by atoms with Gasteiger partial charge in [-0.2, -0.15) is 0 Å². The van der Waals surface area contributed by atoms with Crippen LogP contribution in [0.15, 0.2) is 28.6 Å². The molecule has 2 aromatic rings. The van der Waals surface area contributed by atoms with Crippen LogP contribution in [0.4, 0.5) is 10.8 Å². The van der Waals surface area contributed by atoms with Gasteiger partial charge < -0.3 is 15.1 Å². The highest BCUT2D eigenvalue weighted by Crippen LogP contribution is 2.31. The molecule has 0 aliphatic carbocycles. The Kier molecular flexibility index (Phi) is 7.88. The lowest BCUT2D eigenvalue weighted by Gasteiger charge is -2.32. The van der Waals surface area contributed by atoms with E-state index in [-0.39, 0.29) is 36.0 Å². The van der Waals surface area contributed by atoms with Gasteiger partial charge in [0.2, 0.25) is 22.9 Å². The van der Waals surface area contributed by atoms with Crippen LogP contribution in [-0.4, -0.2) is 57.7 Å². The SMILES string of the molecule is CCC(C)Sc1nnc(NC(=O)C2CCN(C(=O)C3CC(=O)N(c4ccc(C)cc4)C3)CC2)s1. The van der Waals surface area contributed by atoms with Crippen LogP contribution >= 0.6 is 23.1 Å². The average Bonchev–Trinajstić information content (AvgIpc) is 3.45. The number of likely N-dealkylation sites (tertiary alicyclic amines) is 1. The van der Waals surface area contributed by atoms with E-state index in [0.29, 0.717) is 42.9 Å². The van der Waals surface area contributed by atoms with Crippen LogP contribution in [-0.2, 0) is 14.4 Å². The molecule has 8 nitrogen and oxygen atoms in total. The van der Waals surface area contributed by atoms with Gasteiger partial charge in [-0.25, -0.2) is 0 Å². The Morgan fingerprint density at radius 2 is 1.88 bits per heavy atom. The topological polar surface area (TPSA) is 95.5 Å². The minimum absolute atomic E-state index is 0.0117. The van der Waals surface area contributed by atoms with Crippen LogP contribution in [0.1, 0.15) is 45.1 Å². The molecule has 2 fully saturated rings. The first-order chi connectivity index (χ1) is 16.3. The molecule has 4 rings (SSSR count). The zero-order valence-electron chi connectivity index (χ0n) is 19.8. The molecule has 34 heavy (non-hydrogen) atoms. The van der Waals surface area contributed by atoms with Crippen molar-refractivity contribution in [3.05, 3.63) is 29.8 Å². The molecular weight excluding hydrogens is 470 g/mol. The molecule has 0 radical (unpaired) electrons. The van der Waals surface area contributed by atoms with Crippen molar-refractivity contribution in [2.45, 2.75) is 56.0 Å². The molecule has 0 bridgehead atoms. The number of carbonyl (C=O) groups excluding carboxylic acids is 3. The highest BCUT2D eigenvalue weighted by Gasteiger charge is 2.38. The van der Waals surface area contributed by atoms with E-state index in [1.807, 2.05) is 36.1 Å². The van der Waals surface area contributed by atoms with E-state index in [9.17, 15) is 14.4 Å². The van der Waals surface area contributed by atoms with Gasteiger partial charge in [0.05, 0.1) is 5.92 Å². The molecule has 1 aromatic heterocycles. The summed E-state index contributed by atoms with van der Waals surface area (Å²) in [6.07, 6.45) is 2.49. The number of nitrogens with zero attached hydrogens (tertiary/aromatic N) is 4. The molecule has 3 amide bonds. The van der Waals surface area contributed by atoms with Gasteiger partial charge in [0.15, 0.2) is 4.34 Å². The van der Waals surface area contributed by atoms with Crippen molar-refractivity contribution < 1.29 is 14.4 Å². The van der Waals surface area contributed by atoms with Gasteiger partial charge in [0, 0.05) is 42.9 Å². The number of rotatable bonds is 7. The summed E-state index contributed by atoms with van der Waals surface area (Å²) in [5, 5.41) is 12.1. The van der Waals surface area contributed by atoms with Crippen molar-refractivity contribution in [1.82, 2.24) is 15.1 Å². The zero-order chi connectivity index (χ0) is 24.2. The van der Waals surface area contributed by atoms with E-state index in [2.05, 4.69) is 29.4 Å². The normalized spacial score (nSPS) is 20.0. The predicted octanol–water partition coefficient (Wildman–Crippen LogP) is 3.97. The number of anilines is 2. The summed E-state index contributed by atoms with van der Waals surface area (Å²) in [5.74, 6) is -0.558. The molecule has 1 aromatic carbocycles. The molecule has 2 aliphatic rings. The Bertz CT molecular complexity index is 1030. The van der Waals surface area contributed by atoms with Gasteiger partial charge in [-0.05, 0) is 38.3 Å². The summed E-state index contributed by atoms with van der Waals surface area (Å²) in [6.45, 7) is 7.73. The Morgan fingerprint density at radius 3 is 2.56 bits per heavy atom. The van der Waals surface area contributed by atoms with Crippen molar-refractivity contribution in [1.29, 1.82) is 0 Å². The van der Waals surface area contributed by atoms with Crippen LogP contribution in [0, 0.1) is 18.8 Å². The molecule has 2 aliphatic heterocycles. The van der Waals surface area contributed by atoms with Crippen LogP contribution in [0.2, 0.25) is 0 Å². The smallest absolute Gasteiger partial charge is 0.229 e. The number of aromatic nitrogens is 2. The van der Waals surface area contributed by atoms with Crippen molar-refractivity contribution in [3.8, 4) is 0 Å². The van der Waals surface area contributed by atoms with E-state index in [4.69, 9.17) is 0 Å². The largest absolute Gasteiger partial charge is 0.342 e. The Balaban J connectivity index is 1.26. The van der Waals surface area contributed by atoms with Crippen molar-refractivity contribution in [2.24, 2.45) is 11.8 Å². The third-order valence-electron chi connectivity index (χ3n) is 6.51. The fraction of sp³-hybridized carbons (Fsp3) is 0.542. The summed E-state index contributed by atoms with van der Waals surface area (Å²) in [5.41, 5.74) is 1.97. The fourth-order valence-electron chi connectivity index (χ4n) is 4.24. The number of nitrogens with one attached hydrogen (secondary N) is 1. The number of benzene rings is 1. The van der Waals surface area contributed by atoms with Gasteiger partial charge in [0.1, 0.15) is 0 Å². The van der Waals surface area contributed by atoms with Crippen LogP contribution in [0.5, 0.6) is 0 Å². The average molecular weight is 502 g/mol. The number of thioether (sulfide) groups is 1. The number of piperidine rings is 1. The molecule has 0 saturated carbocycles. The molecule has 10 heteroatoms. The van der Waals surface area contributed by atoms with E-state index >= 15 is 0 Å². The molecule has 2 unspecified atom stereocenters. The third kappa shape index (κ3) is 5.78. The fourth-order valence-corrected chi connectivity index (χ4v) is 6.24. The first-order valence-electron chi connectivity index (χ1n) is 11.8. The minimum Gasteiger partial charge on any atom is -0.342 e. The lowest BCUT2D eigenvalue weighted by molar-refractivity contribution is -0.138. The first-order valence-corrected chi connectivity index (χ1v) is 13.5. The summed E-state index contributed by atoms with van der Waals surface area (Å²) in [7, 11) is 0. The monoisotopic (exact) mass is 501 g/mol.